The molecule has 118 valence electrons. The molecule has 0 aliphatic carbocycles. The molecule has 0 aromatic heterocycles. The summed E-state index contributed by atoms with van der Waals surface area (Å²) in [5.74, 6) is 1.54. The Morgan fingerprint density at radius 1 is 1.18 bits per heavy atom. The van der Waals surface area contributed by atoms with Crippen LogP contribution >= 0.6 is 15.9 Å². The highest BCUT2D eigenvalue weighted by Crippen LogP contribution is 2.36. The number of benzene rings is 2. The second-order valence-corrected chi connectivity index (χ2v) is 6.04. The van der Waals surface area contributed by atoms with Crippen LogP contribution in [0.1, 0.15) is 31.0 Å². The molecule has 0 heterocycles. The van der Waals surface area contributed by atoms with E-state index in [9.17, 15) is 0 Å². The van der Waals surface area contributed by atoms with Gasteiger partial charge in [-0.1, -0.05) is 30.3 Å². The van der Waals surface area contributed by atoms with Crippen molar-refractivity contribution in [3.8, 4) is 11.5 Å². The van der Waals surface area contributed by atoms with Gasteiger partial charge in [-0.2, -0.15) is 0 Å². The zero-order valence-corrected chi connectivity index (χ0v) is 14.9. The molecule has 0 aliphatic rings. The molecular weight excluding hydrogens is 342 g/mol. The monoisotopic (exact) mass is 364 g/mol. The van der Waals surface area contributed by atoms with E-state index in [2.05, 4.69) is 64.6 Å². The Labute approximate surface area is 140 Å². The highest BCUT2D eigenvalue weighted by molar-refractivity contribution is 9.10. The fourth-order valence-electron chi connectivity index (χ4n) is 2.41. The average Bonchev–Trinajstić information content (AvgIpc) is 2.53. The highest BCUT2D eigenvalue weighted by atomic mass is 79.9. The van der Waals surface area contributed by atoms with Crippen LogP contribution in [0.3, 0.4) is 0 Å². The lowest BCUT2D eigenvalue weighted by Gasteiger charge is -2.14. The molecule has 0 fully saturated rings. The number of quaternary nitrogens is 1. The SMILES string of the molecule is CCOc1cc(C[NH2+][C@H](C)c2ccccc2)cc(Br)c1OC. The lowest BCUT2D eigenvalue weighted by molar-refractivity contribution is -0.707. The van der Waals surface area contributed by atoms with Crippen molar-refractivity contribution in [2.45, 2.75) is 26.4 Å². The largest absolute Gasteiger partial charge is 0.492 e. The minimum atomic E-state index is 0.414. The zero-order chi connectivity index (χ0) is 15.9. The Morgan fingerprint density at radius 3 is 2.55 bits per heavy atom. The summed E-state index contributed by atoms with van der Waals surface area (Å²) < 4.78 is 12.0. The van der Waals surface area contributed by atoms with E-state index in [1.807, 2.05) is 13.0 Å². The van der Waals surface area contributed by atoms with Crippen LogP contribution in [0.15, 0.2) is 46.9 Å². The van der Waals surface area contributed by atoms with Gasteiger partial charge in [0.1, 0.15) is 12.6 Å². The topological polar surface area (TPSA) is 35.1 Å². The van der Waals surface area contributed by atoms with E-state index in [1.54, 1.807) is 7.11 Å². The number of ether oxygens (including phenoxy) is 2. The van der Waals surface area contributed by atoms with E-state index >= 15 is 0 Å². The van der Waals surface area contributed by atoms with Gasteiger partial charge in [0.05, 0.1) is 18.2 Å². The van der Waals surface area contributed by atoms with Crippen LogP contribution in [-0.4, -0.2) is 13.7 Å². The van der Waals surface area contributed by atoms with Crippen LogP contribution < -0.4 is 14.8 Å². The minimum absolute atomic E-state index is 0.414. The summed E-state index contributed by atoms with van der Waals surface area (Å²) in [7, 11) is 1.66. The summed E-state index contributed by atoms with van der Waals surface area (Å²) in [6.07, 6.45) is 0. The van der Waals surface area contributed by atoms with Crippen molar-refractivity contribution in [1.82, 2.24) is 0 Å². The van der Waals surface area contributed by atoms with E-state index in [-0.39, 0.29) is 0 Å². The molecule has 0 spiro atoms. The fourth-order valence-corrected chi connectivity index (χ4v) is 3.06. The molecule has 2 aromatic rings. The average molecular weight is 365 g/mol. The number of methoxy groups -OCH3 is 1. The van der Waals surface area contributed by atoms with Gasteiger partial charge >= 0.3 is 0 Å². The smallest absolute Gasteiger partial charge is 0.174 e. The molecule has 0 saturated heterocycles. The highest BCUT2D eigenvalue weighted by Gasteiger charge is 2.13. The third-order valence-corrected chi connectivity index (χ3v) is 4.19. The Morgan fingerprint density at radius 2 is 1.91 bits per heavy atom. The van der Waals surface area contributed by atoms with Crippen LogP contribution in [0.4, 0.5) is 0 Å². The van der Waals surface area contributed by atoms with Gasteiger partial charge < -0.3 is 14.8 Å². The van der Waals surface area contributed by atoms with Crippen LogP contribution in [0.2, 0.25) is 0 Å². The Balaban J connectivity index is 2.09. The molecule has 0 radical (unpaired) electrons. The first kappa shape index (κ1) is 16.8. The van der Waals surface area contributed by atoms with E-state index in [0.717, 1.165) is 22.5 Å². The lowest BCUT2D eigenvalue weighted by atomic mass is 10.1. The zero-order valence-electron chi connectivity index (χ0n) is 13.3. The first-order valence-corrected chi connectivity index (χ1v) is 8.32. The number of hydrogen-bond acceptors (Lipinski definition) is 2. The molecule has 0 saturated carbocycles. The number of nitrogens with two attached hydrogens (primary N) is 1. The molecule has 3 nitrogen and oxygen atoms in total. The molecule has 0 unspecified atom stereocenters. The molecule has 2 rings (SSSR count). The van der Waals surface area contributed by atoms with Crippen molar-refractivity contribution < 1.29 is 14.8 Å². The van der Waals surface area contributed by atoms with Crippen molar-refractivity contribution in [3.63, 3.8) is 0 Å². The molecule has 0 aliphatic heterocycles. The summed E-state index contributed by atoms with van der Waals surface area (Å²) in [6.45, 7) is 5.70. The molecular formula is C18H23BrNO2+. The Bertz CT molecular complexity index is 602. The Kier molecular flexibility index (Phi) is 6.28. The van der Waals surface area contributed by atoms with Crippen LogP contribution in [-0.2, 0) is 6.54 Å². The van der Waals surface area contributed by atoms with E-state index in [4.69, 9.17) is 9.47 Å². The van der Waals surface area contributed by atoms with Crippen LogP contribution in [0.25, 0.3) is 0 Å². The van der Waals surface area contributed by atoms with Crippen molar-refractivity contribution >= 4 is 15.9 Å². The van der Waals surface area contributed by atoms with Crippen molar-refractivity contribution in [2.75, 3.05) is 13.7 Å². The number of hydrogen-bond donors (Lipinski definition) is 1. The molecule has 2 N–H and O–H groups in total. The van der Waals surface area contributed by atoms with Gasteiger partial charge in [0.25, 0.3) is 0 Å². The molecule has 4 heteroatoms. The third-order valence-electron chi connectivity index (χ3n) is 3.61. The second kappa shape index (κ2) is 8.20. The van der Waals surface area contributed by atoms with Gasteiger partial charge in [0.2, 0.25) is 0 Å². The molecule has 0 bridgehead atoms. The third kappa shape index (κ3) is 4.24. The molecule has 2 aromatic carbocycles. The summed E-state index contributed by atoms with van der Waals surface area (Å²) in [6, 6.07) is 15.1. The molecule has 1 atom stereocenters. The number of rotatable bonds is 7. The van der Waals surface area contributed by atoms with Crippen molar-refractivity contribution in [1.29, 1.82) is 0 Å². The fraction of sp³-hybridized carbons (Fsp3) is 0.333. The van der Waals surface area contributed by atoms with Crippen LogP contribution in [0, 0.1) is 0 Å². The predicted octanol–water partition coefficient (Wildman–Crippen LogP) is 3.68. The standard InChI is InChI=1S/C18H22BrNO2/c1-4-22-17-11-14(10-16(19)18(17)21-3)12-20-13(2)15-8-6-5-7-9-15/h5-11,13,20H,4,12H2,1-3H3/p+1/t13-/m1/s1. The summed E-state index contributed by atoms with van der Waals surface area (Å²) in [5.41, 5.74) is 2.54. The Hall–Kier alpha value is -1.52. The summed E-state index contributed by atoms with van der Waals surface area (Å²) in [5, 5.41) is 2.32. The van der Waals surface area contributed by atoms with Gasteiger partial charge in [-0.3, -0.25) is 0 Å². The molecule has 22 heavy (non-hydrogen) atoms. The summed E-state index contributed by atoms with van der Waals surface area (Å²) >= 11 is 3.56. The second-order valence-electron chi connectivity index (χ2n) is 5.18. The predicted molar refractivity (Wildman–Crippen MR) is 92.3 cm³/mol. The maximum absolute atomic E-state index is 5.67. The van der Waals surface area contributed by atoms with Gasteiger partial charge in [-0.25, -0.2) is 0 Å². The maximum Gasteiger partial charge on any atom is 0.174 e. The minimum Gasteiger partial charge on any atom is -0.492 e. The van der Waals surface area contributed by atoms with E-state index in [1.165, 1.54) is 11.1 Å². The van der Waals surface area contributed by atoms with E-state index in [0.29, 0.717) is 12.6 Å². The van der Waals surface area contributed by atoms with Gasteiger partial charge in [-0.05, 0) is 41.9 Å². The molecule has 0 amide bonds. The van der Waals surface area contributed by atoms with Gasteiger partial charge in [0, 0.05) is 11.1 Å². The van der Waals surface area contributed by atoms with E-state index < -0.39 is 0 Å². The van der Waals surface area contributed by atoms with Crippen molar-refractivity contribution in [2.24, 2.45) is 0 Å². The normalized spacial score (nSPS) is 12.0. The quantitative estimate of drug-likeness (QED) is 0.813. The maximum atomic E-state index is 5.67. The first-order valence-electron chi connectivity index (χ1n) is 7.53. The number of halogens is 1. The summed E-state index contributed by atoms with van der Waals surface area (Å²) in [4.78, 5) is 0. The van der Waals surface area contributed by atoms with Gasteiger partial charge in [-0.15, -0.1) is 0 Å². The van der Waals surface area contributed by atoms with Gasteiger partial charge in [0.15, 0.2) is 11.5 Å². The first-order chi connectivity index (χ1) is 10.7. The lowest BCUT2D eigenvalue weighted by Crippen LogP contribution is -2.83. The van der Waals surface area contributed by atoms with Crippen molar-refractivity contribution in [3.05, 3.63) is 58.1 Å². The van der Waals surface area contributed by atoms with Crippen LogP contribution in [0.5, 0.6) is 11.5 Å².